The van der Waals surface area contributed by atoms with E-state index >= 15 is 0 Å². The lowest BCUT2D eigenvalue weighted by Crippen LogP contribution is -2.37. The van der Waals surface area contributed by atoms with Crippen LogP contribution in [0.5, 0.6) is 0 Å². The molecule has 26 heavy (non-hydrogen) atoms. The third-order valence-electron chi connectivity index (χ3n) is 4.42. The van der Waals surface area contributed by atoms with E-state index in [1.54, 1.807) is 17.8 Å². The molecule has 1 aromatic carbocycles. The number of rotatable bonds is 2. The zero-order valence-electron chi connectivity index (χ0n) is 13.9. The first-order valence-electron chi connectivity index (χ1n) is 7.74. The van der Waals surface area contributed by atoms with Gasteiger partial charge in [0.05, 0.1) is 12.1 Å². The summed E-state index contributed by atoms with van der Waals surface area (Å²) in [5, 5.41) is 1.46. The summed E-state index contributed by atoms with van der Waals surface area (Å²) in [4.78, 5) is 33.5. The average molecular weight is 435 g/mol. The Morgan fingerprint density at radius 1 is 1.12 bits per heavy atom. The summed E-state index contributed by atoms with van der Waals surface area (Å²) in [5.41, 5.74) is 1.51. The molecule has 0 bridgehead atoms. The molecule has 0 radical (unpaired) electrons. The number of aryl methyl sites for hydroxylation is 1. The van der Waals surface area contributed by atoms with Crippen molar-refractivity contribution < 1.29 is 0 Å². The first-order chi connectivity index (χ1) is 12.4. The number of pyridine rings is 1. The van der Waals surface area contributed by atoms with E-state index in [1.165, 1.54) is 11.6 Å². The highest BCUT2D eigenvalue weighted by molar-refractivity contribution is 9.10. The molecule has 0 fully saturated rings. The largest absolute Gasteiger partial charge is 0.332 e. The second kappa shape index (κ2) is 6.07. The Morgan fingerprint density at radius 3 is 2.65 bits per heavy atom. The fraction of sp³-hybridized carbons (Fsp3) is 0.176. The van der Waals surface area contributed by atoms with Crippen LogP contribution in [0.15, 0.2) is 44.8 Å². The van der Waals surface area contributed by atoms with Gasteiger partial charge in [-0.1, -0.05) is 17.7 Å². The highest BCUT2D eigenvalue weighted by atomic mass is 79.9. The molecule has 3 heterocycles. The molecule has 0 saturated carbocycles. The summed E-state index contributed by atoms with van der Waals surface area (Å²) in [6.07, 6.45) is 1.70. The molecule has 0 spiro atoms. The zero-order chi connectivity index (χ0) is 18.6. The Balaban J connectivity index is 2.01. The van der Waals surface area contributed by atoms with Gasteiger partial charge in [0.15, 0.2) is 15.9 Å². The van der Waals surface area contributed by atoms with E-state index in [2.05, 4.69) is 25.9 Å². The van der Waals surface area contributed by atoms with Crippen LogP contribution < -0.4 is 11.2 Å². The molecule has 0 saturated heterocycles. The van der Waals surface area contributed by atoms with Gasteiger partial charge in [-0.2, -0.15) is 0 Å². The molecular formula is C17H13BrClN5O2. The SMILES string of the molecule is Cn1c(=O)c2nc(Br)n(Cc3ccc(Cl)c4cccnc34)c2n(C)c1=O. The van der Waals surface area contributed by atoms with Crippen molar-refractivity contribution in [3.8, 4) is 0 Å². The monoisotopic (exact) mass is 433 g/mol. The van der Waals surface area contributed by atoms with E-state index in [4.69, 9.17) is 11.6 Å². The molecule has 4 rings (SSSR count). The zero-order valence-corrected chi connectivity index (χ0v) is 16.2. The minimum atomic E-state index is -0.429. The van der Waals surface area contributed by atoms with Crippen LogP contribution in [0, 0.1) is 0 Å². The quantitative estimate of drug-likeness (QED) is 0.454. The van der Waals surface area contributed by atoms with Crippen molar-refractivity contribution in [3.63, 3.8) is 0 Å². The predicted octanol–water partition coefficient (Wildman–Crippen LogP) is 2.45. The van der Waals surface area contributed by atoms with Crippen molar-refractivity contribution in [3.05, 3.63) is 66.6 Å². The number of imidazole rings is 1. The number of hydrogen-bond acceptors (Lipinski definition) is 4. The smallest absolute Gasteiger partial charge is 0.300 e. The standard InChI is InChI=1S/C17H13BrClN5O2/c1-22-14-13(15(25)23(2)17(22)26)21-16(18)24(14)8-9-5-6-11(19)10-4-3-7-20-12(9)10/h3-7H,8H2,1-2H3. The van der Waals surface area contributed by atoms with E-state index in [0.29, 0.717) is 21.9 Å². The predicted molar refractivity (Wildman–Crippen MR) is 104 cm³/mol. The lowest BCUT2D eigenvalue weighted by atomic mass is 10.1. The number of fused-ring (bicyclic) bond motifs is 2. The van der Waals surface area contributed by atoms with E-state index in [9.17, 15) is 9.59 Å². The van der Waals surface area contributed by atoms with Gasteiger partial charge in [0, 0.05) is 30.7 Å². The highest BCUT2D eigenvalue weighted by Crippen LogP contribution is 2.27. The van der Waals surface area contributed by atoms with E-state index < -0.39 is 11.2 Å². The van der Waals surface area contributed by atoms with Gasteiger partial charge >= 0.3 is 5.69 Å². The van der Waals surface area contributed by atoms with Gasteiger partial charge < -0.3 is 0 Å². The number of hydrogen-bond donors (Lipinski definition) is 0. The maximum absolute atomic E-state index is 12.4. The molecule has 4 aromatic rings. The Hall–Kier alpha value is -2.45. The molecule has 0 N–H and O–H groups in total. The summed E-state index contributed by atoms with van der Waals surface area (Å²) in [5.74, 6) is 0. The fourth-order valence-electron chi connectivity index (χ4n) is 3.10. The molecule has 0 aliphatic rings. The number of aromatic nitrogens is 5. The molecule has 0 unspecified atom stereocenters. The summed E-state index contributed by atoms with van der Waals surface area (Å²) in [6, 6.07) is 7.43. The maximum Gasteiger partial charge on any atom is 0.332 e. The van der Waals surface area contributed by atoms with Gasteiger partial charge in [0.1, 0.15) is 0 Å². The van der Waals surface area contributed by atoms with Crippen molar-refractivity contribution in [2.75, 3.05) is 0 Å². The van der Waals surface area contributed by atoms with E-state index in [0.717, 1.165) is 21.0 Å². The summed E-state index contributed by atoms with van der Waals surface area (Å²) in [6.45, 7) is 0.377. The number of nitrogens with zero attached hydrogens (tertiary/aromatic N) is 5. The van der Waals surface area contributed by atoms with Crippen LogP contribution in [0.25, 0.3) is 22.1 Å². The second-order valence-corrected chi connectivity index (χ2v) is 7.07. The van der Waals surface area contributed by atoms with Gasteiger partial charge in [-0.15, -0.1) is 0 Å². The van der Waals surface area contributed by atoms with Gasteiger partial charge in [-0.3, -0.25) is 23.5 Å². The topological polar surface area (TPSA) is 74.7 Å². The van der Waals surface area contributed by atoms with Crippen LogP contribution in [-0.4, -0.2) is 23.7 Å². The lowest BCUT2D eigenvalue weighted by Gasteiger charge is -2.12. The first kappa shape index (κ1) is 17.0. The van der Waals surface area contributed by atoms with Crippen LogP contribution in [0.1, 0.15) is 5.56 Å². The van der Waals surface area contributed by atoms with Crippen molar-refractivity contribution in [1.29, 1.82) is 0 Å². The Morgan fingerprint density at radius 2 is 1.88 bits per heavy atom. The van der Waals surface area contributed by atoms with Crippen molar-refractivity contribution >= 4 is 49.6 Å². The molecule has 0 amide bonds. The molecule has 0 aliphatic carbocycles. The third-order valence-corrected chi connectivity index (χ3v) is 5.36. The molecule has 132 valence electrons. The highest BCUT2D eigenvalue weighted by Gasteiger charge is 2.18. The van der Waals surface area contributed by atoms with Gasteiger partial charge in [-0.05, 0) is 39.7 Å². The molecule has 0 atom stereocenters. The molecule has 7 nitrogen and oxygen atoms in total. The van der Waals surface area contributed by atoms with Gasteiger partial charge in [0.25, 0.3) is 5.56 Å². The summed E-state index contributed by atoms with van der Waals surface area (Å²) < 4.78 is 4.70. The van der Waals surface area contributed by atoms with Crippen molar-refractivity contribution in [1.82, 2.24) is 23.7 Å². The lowest BCUT2D eigenvalue weighted by molar-refractivity contribution is 0.685. The van der Waals surface area contributed by atoms with Gasteiger partial charge in [0.2, 0.25) is 0 Å². The minimum absolute atomic E-state index is 0.229. The molecule has 9 heteroatoms. The maximum atomic E-state index is 12.4. The van der Waals surface area contributed by atoms with Crippen molar-refractivity contribution in [2.24, 2.45) is 14.1 Å². The van der Waals surface area contributed by atoms with Crippen LogP contribution in [-0.2, 0) is 20.6 Å². The normalized spacial score (nSPS) is 11.5. The fourth-order valence-corrected chi connectivity index (χ4v) is 3.78. The Bertz CT molecular complexity index is 1300. The molecule has 0 aliphatic heterocycles. The molecule has 3 aromatic heterocycles. The Labute approximate surface area is 160 Å². The van der Waals surface area contributed by atoms with Crippen molar-refractivity contribution in [2.45, 2.75) is 6.54 Å². The third kappa shape index (κ3) is 2.40. The first-order valence-corrected chi connectivity index (χ1v) is 8.91. The van der Waals surface area contributed by atoms with Crippen LogP contribution in [0.4, 0.5) is 0 Å². The van der Waals surface area contributed by atoms with E-state index in [1.807, 2.05) is 24.3 Å². The van der Waals surface area contributed by atoms with E-state index in [-0.39, 0.29) is 5.52 Å². The van der Waals surface area contributed by atoms with Gasteiger partial charge in [-0.25, -0.2) is 9.78 Å². The Kier molecular flexibility index (Phi) is 3.96. The summed E-state index contributed by atoms with van der Waals surface area (Å²) >= 11 is 9.67. The van der Waals surface area contributed by atoms with Crippen LogP contribution in [0.2, 0.25) is 5.02 Å². The number of halogens is 2. The van der Waals surface area contributed by atoms with Crippen LogP contribution in [0.3, 0.4) is 0 Å². The number of benzene rings is 1. The van der Waals surface area contributed by atoms with Crippen LogP contribution >= 0.6 is 27.5 Å². The summed E-state index contributed by atoms with van der Waals surface area (Å²) in [7, 11) is 3.06. The average Bonchev–Trinajstić information content (AvgIpc) is 2.97. The molecular weight excluding hydrogens is 422 g/mol. The minimum Gasteiger partial charge on any atom is -0.300 e. The second-order valence-electron chi connectivity index (χ2n) is 5.95.